The maximum atomic E-state index is 12.2. The van der Waals surface area contributed by atoms with Crippen LogP contribution in [-0.4, -0.2) is 40.8 Å². The molecule has 0 spiro atoms. The minimum absolute atomic E-state index is 0.0471. The first kappa shape index (κ1) is 18.4. The van der Waals surface area contributed by atoms with Crippen molar-refractivity contribution in [2.24, 2.45) is 7.05 Å². The van der Waals surface area contributed by atoms with Gasteiger partial charge < -0.3 is 19.5 Å². The molecule has 1 amide bonds. The molecule has 142 valence electrons. The third kappa shape index (κ3) is 3.62. The third-order valence-corrected chi connectivity index (χ3v) is 4.21. The van der Waals surface area contributed by atoms with Crippen molar-refractivity contribution in [2.75, 3.05) is 18.7 Å². The number of anilines is 1. The van der Waals surface area contributed by atoms with Gasteiger partial charge in [-0.15, -0.1) is 0 Å². The second-order valence-corrected chi connectivity index (χ2v) is 6.10. The third-order valence-electron chi connectivity index (χ3n) is 4.21. The highest BCUT2D eigenvalue weighted by molar-refractivity contribution is 6.05. The number of nitrogens with one attached hydrogen (secondary N) is 1. The first-order chi connectivity index (χ1) is 12.8. The highest BCUT2D eigenvalue weighted by atomic mass is 16.7. The summed E-state index contributed by atoms with van der Waals surface area (Å²) in [6.45, 7) is 4.35. The summed E-state index contributed by atoms with van der Waals surface area (Å²) in [5.74, 6) is -0.599. The van der Waals surface area contributed by atoms with E-state index in [9.17, 15) is 14.4 Å². The number of Topliss-reactive ketones (excluding diaryl/α,β-unsaturated/α-hetero) is 1. The number of hydrogen-bond donors (Lipinski definition) is 1. The quantitative estimate of drug-likeness (QED) is 0.628. The predicted octanol–water partition coefficient (Wildman–Crippen LogP) is 1.76. The number of nitrogens with zero attached hydrogens (tertiary/aromatic N) is 2. The molecule has 0 saturated carbocycles. The lowest BCUT2D eigenvalue weighted by Crippen LogP contribution is -2.22. The number of aryl methyl sites for hydroxylation is 2. The van der Waals surface area contributed by atoms with Crippen molar-refractivity contribution in [3.8, 4) is 11.5 Å². The Morgan fingerprint density at radius 1 is 1.22 bits per heavy atom. The van der Waals surface area contributed by atoms with Gasteiger partial charge >= 0.3 is 5.97 Å². The summed E-state index contributed by atoms with van der Waals surface area (Å²) in [7, 11) is 1.72. The van der Waals surface area contributed by atoms with Crippen molar-refractivity contribution in [2.45, 2.75) is 20.8 Å². The number of ketones is 1. The molecule has 27 heavy (non-hydrogen) atoms. The van der Waals surface area contributed by atoms with Gasteiger partial charge in [-0.05, 0) is 26.8 Å². The maximum Gasteiger partial charge on any atom is 0.342 e. The molecule has 2 heterocycles. The van der Waals surface area contributed by atoms with E-state index in [1.807, 2.05) is 0 Å². The van der Waals surface area contributed by atoms with Crippen LogP contribution in [-0.2, 0) is 16.6 Å². The van der Waals surface area contributed by atoms with Gasteiger partial charge in [0.15, 0.2) is 23.9 Å². The molecule has 0 saturated heterocycles. The zero-order valence-corrected chi connectivity index (χ0v) is 15.4. The molecular weight excluding hydrogens is 354 g/mol. The summed E-state index contributed by atoms with van der Waals surface area (Å²) in [6, 6.07) is 3.02. The van der Waals surface area contributed by atoms with E-state index in [4.69, 9.17) is 14.2 Å². The summed E-state index contributed by atoms with van der Waals surface area (Å²) in [5.41, 5.74) is 2.04. The van der Waals surface area contributed by atoms with Gasteiger partial charge in [-0.3, -0.25) is 14.3 Å². The summed E-state index contributed by atoms with van der Waals surface area (Å²) >= 11 is 0. The number of benzene rings is 1. The molecule has 1 aliphatic rings. The molecule has 0 fully saturated rings. The Morgan fingerprint density at radius 3 is 2.48 bits per heavy atom. The second kappa shape index (κ2) is 7.10. The standard InChI is InChI=1S/C18H19N3O6/c1-9-17(10(2)21(4)20-9)18(24)25-7-16(23)19-13-6-15-14(26-8-27-15)5-12(13)11(3)22/h5-6H,7-8H2,1-4H3,(H,19,23). The fourth-order valence-corrected chi connectivity index (χ4v) is 2.80. The Morgan fingerprint density at radius 2 is 1.89 bits per heavy atom. The Labute approximate surface area is 155 Å². The number of carbonyl (C=O) groups is 3. The van der Waals surface area contributed by atoms with Gasteiger partial charge in [0.05, 0.1) is 11.4 Å². The van der Waals surface area contributed by atoms with Crippen LogP contribution in [0.2, 0.25) is 0 Å². The van der Waals surface area contributed by atoms with Gasteiger partial charge in [0.25, 0.3) is 5.91 Å². The molecule has 1 aromatic heterocycles. The van der Waals surface area contributed by atoms with Gasteiger partial charge in [0.1, 0.15) is 5.56 Å². The van der Waals surface area contributed by atoms with E-state index in [0.717, 1.165) is 0 Å². The van der Waals surface area contributed by atoms with Crippen LogP contribution in [0.15, 0.2) is 12.1 Å². The highest BCUT2D eigenvalue weighted by Crippen LogP contribution is 2.37. The fourth-order valence-electron chi connectivity index (χ4n) is 2.80. The minimum Gasteiger partial charge on any atom is -0.454 e. The topological polar surface area (TPSA) is 109 Å². The smallest absolute Gasteiger partial charge is 0.342 e. The average Bonchev–Trinajstić information content (AvgIpc) is 3.15. The van der Waals surface area contributed by atoms with Gasteiger partial charge in [0, 0.05) is 24.4 Å². The van der Waals surface area contributed by atoms with Crippen LogP contribution in [0.25, 0.3) is 0 Å². The number of fused-ring (bicyclic) bond motifs is 1. The van der Waals surface area contributed by atoms with Crippen molar-refractivity contribution < 1.29 is 28.6 Å². The number of esters is 1. The van der Waals surface area contributed by atoms with Crippen LogP contribution in [0, 0.1) is 13.8 Å². The number of rotatable bonds is 5. The number of ether oxygens (including phenoxy) is 3. The molecule has 9 nitrogen and oxygen atoms in total. The molecule has 0 atom stereocenters. The van der Waals surface area contributed by atoms with Gasteiger partial charge in [0.2, 0.25) is 6.79 Å². The van der Waals surface area contributed by atoms with Crippen LogP contribution in [0.1, 0.15) is 39.0 Å². The lowest BCUT2D eigenvalue weighted by molar-refractivity contribution is -0.119. The molecule has 3 rings (SSSR count). The molecule has 1 aliphatic heterocycles. The van der Waals surface area contributed by atoms with Crippen molar-refractivity contribution in [3.63, 3.8) is 0 Å². The van der Waals surface area contributed by atoms with Crippen molar-refractivity contribution in [3.05, 3.63) is 34.6 Å². The Hall–Kier alpha value is -3.36. The van der Waals surface area contributed by atoms with Crippen LogP contribution in [0.3, 0.4) is 0 Å². The van der Waals surface area contributed by atoms with E-state index in [1.54, 1.807) is 25.6 Å². The Kier molecular flexibility index (Phi) is 4.85. The zero-order valence-electron chi connectivity index (χ0n) is 15.4. The van der Waals surface area contributed by atoms with E-state index in [1.165, 1.54) is 19.1 Å². The predicted molar refractivity (Wildman–Crippen MR) is 94.2 cm³/mol. The Bertz CT molecular complexity index is 947. The van der Waals surface area contributed by atoms with Gasteiger partial charge in [-0.2, -0.15) is 5.10 Å². The molecule has 1 aromatic carbocycles. The normalized spacial score (nSPS) is 12.0. The highest BCUT2D eigenvalue weighted by Gasteiger charge is 2.22. The average molecular weight is 373 g/mol. The van der Waals surface area contributed by atoms with E-state index in [2.05, 4.69) is 10.4 Å². The van der Waals surface area contributed by atoms with Gasteiger partial charge in [-0.25, -0.2) is 4.79 Å². The first-order valence-electron chi connectivity index (χ1n) is 8.19. The van der Waals surface area contributed by atoms with Crippen molar-refractivity contribution in [1.29, 1.82) is 0 Å². The second-order valence-electron chi connectivity index (χ2n) is 6.10. The van der Waals surface area contributed by atoms with E-state index in [0.29, 0.717) is 28.5 Å². The summed E-state index contributed by atoms with van der Waals surface area (Å²) in [5, 5.41) is 6.71. The number of aromatic nitrogens is 2. The lowest BCUT2D eigenvalue weighted by Gasteiger charge is -2.11. The van der Waals surface area contributed by atoms with Crippen molar-refractivity contribution >= 4 is 23.3 Å². The molecule has 0 bridgehead atoms. The zero-order chi connectivity index (χ0) is 19.7. The molecule has 0 unspecified atom stereocenters. The number of carbonyl (C=O) groups excluding carboxylic acids is 3. The number of amides is 1. The van der Waals surface area contributed by atoms with Crippen LogP contribution in [0.5, 0.6) is 11.5 Å². The van der Waals surface area contributed by atoms with E-state index < -0.39 is 18.5 Å². The van der Waals surface area contributed by atoms with E-state index >= 15 is 0 Å². The molecule has 0 aliphatic carbocycles. The van der Waals surface area contributed by atoms with Crippen LogP contribution >= 0.6 is 0 Å². The largest absolute Gasteiger partial charge is 0.454 e. The monoisotopic (exact) mass is 373 g/mol. The van der Waals surface area contributed by atoms with Crippen LogP contribution < -0.4 is 14.8 Å². The minimum atomic E-state index is -0.634. The summed E-state index contributed by atoms with van der Waals surface area (Å²) in [4.78, 5) is 36.3. The number of hydrogen-bond acceptors (Lipinski definition) is 7. The molecular formula is C18H19N3O6. The first-order valence-corrected chi connectivity index (χ1v) is 8.19. The Balaban J connectivity index is 1.69. The molecule has 2 aromatic rings. The fraction of sp³-hybridized carbons (Fsp3) is 0.333. The summed E-state index contributed by atoms with van der Waals surface area (Å²) in [6.07, 6.45) is 0. The SMILES string of the molecule is CC(=O)c1cc2c(cc1NC(=O)COC(=O)c1c(C)nn(C)c1C)OCO2. The van der Waals surface area contributed by atoms with Gasteiger partial charge in [-0.1, -0.05) is 0 Å². The molecule has 0 radical (unpaired) electrons. The maximum absolute atomic E-state index is 12.2. The summed E-state index contributed by atoms with van der Waals surface area (Å²) < 4.78 is 17.1. The lowest BCUT2D eigenvalue weighted by atomic mass is 10.1. The molecule has 1 N–H and O–H groups in total. The van der Waals surface area contributed by atoms with Crippen molar-refractivity contribution in [1.82, 2.24) is 9.78 Å². The van der Waals surface area contributed by atoms with E-state index in [-0.39, 0.29) is 23.8 Å². The molecule has 9 heteroatoms. The van der Waals surface area contributed by atoms with Crippen LogP contribution in [0.4, 0.5) is 5.69 Å².